The molecular formula is C15H26N2O3. The monoisotopic (exact) mass is 282 g/mol. The second-order valence-electron chi connectivity index (χ2n) is 6.63. The van der Waals surface area contributed by atoms with E-state index in [0.29, 0.717) is 6.54 Å². The van der Waals surface area contributed by atoms with Gasteiger partial charge in [-0.2, -0.15) is 0 Å². The molecule has 1 aliphatic carbocycles. The first-order valence-electron chi connectivity index (χ1n) is 7.54. The number of hydrogen-bond acceptors (Lipinski definition) is 3. The number of ether oxygens (including phenoxy) is 1. The molecule has 20 heavy (non-hydrogen) atoms. The summed E-state index contributed by atoms with van der Waals surface area (Å²) in [6, 6.07) is 0. The Morgan fingerprint density at radius 2 is 1.90 bits per heavy atom. The van der Waals surface area contributed by atoms with Crippen LogP contribution in [0.2, 0.25) is 0 Å². The maximum Gasteiger partial charge on any atom is 0.248 e. The van der Waals surface area contributed by atoms with Crippen LogP contribution in [0.4, 0.5) is 0 Å². The highest BCUT2D eigenvalue weighted by Gasteiger charge is 2.46. The van der Waals surface area contributed by atoms with Gasteiger partial charge in [0, 0.05) is 13.7 Å². The quantitative estimate of drug-likeness (QED) is 0.849. The fourth-order valence-electron chi connectivity index (χ4n) is 3.09. The van der Waals surface area contributed by atoms with Gasteiger partial charge in [-0.25, -0.2) is 0 Å². The minimum Gasteiger partial charge on any atom is -0.379 e. The molecule has 0 unspecified atom stereocenters. The highest BCUT2D eigenvalue weighted by Crippen LogP contribution is 2.32. The van der Waals surface area contributed by atoms with E-state index >= 15 is 0 Å². The number of piperazine rings is 1. The molecule has 2 amide bonds. The molecule has 114 valence electrons. The van der Waals surface area contributed by atoms with Crippen molar-refractivity contribution in [2.45, 2.75) is 63.5 Å². The first-order chi connectivity index (χ1) is 9.38. The Morgan fingerprint density at radius 1 is 1.25 bits per heavy atom. The summed E-state index contributed by atoms with van der Waals surface area (Å²) in [4.78, 5) is 26.4. The van der Waals surface area contributed by atoms with Crippen LogP contribution in [0.5, 0.6) is 0 Å². The van der Waals surface area contributed by atoms with Crippen molar-refractivity contribution in [1.82, 2.24) is 10.2 Å². The summed E-state index contributed by atoms with van der Waals surface area (Å²) in [5.41, 5.74) is -0.890. The molecule has 0 aromatic heterocycles. The molecule has 2 fully saturated rings. The second-order valence-corrected chi connectivity index (χ2v) is 6.63. The van der Waals surface area contributed by atoms with E-state index in [1.165, 1.54) is 0 Å². The average Bonchev–Trinajstić information content (AvgIpc) is 2.42. The average molecular weight is 282 g/mol. The Balaban J connectivity index is 2.05. The van der Waals surface area contributed by atoms with Gasteiger partial charge in [0.25, 0.3) is 0 Å². The minimum absolute atomic E-state index is 0.0262. The van der Waals surface area contributed by atoms with Crippen LogP contribution in [0.1, 0.15) is 52.4 Å². The van der Waals surface area contributed by atoms with Gasteiger partial charge in [0.15, 0.2) is 0 Å². The maximum absolute atomic E-state index is 12.7. The van der Waals surface area contributed by atoms with Crippen molar-refractivity contribution in [1.29, 1.82) is 0 Å². The number of carbonyl (C=O) groups excluding carboxylic acids is 2. The van der Waals surface area contributed by atoms with E-state index in [1.807, 2.05) is 13.8 Å². The van der Waals surface area contributed by atoms with Crippen molar-refractivity contribution in [2.24, 2.45) is 0 Å². The first-order valence-corrected chi connectivity index (χ1v) is 7.54. The summed E-state index contributed by atoms with van der Waals surface area (Å²) < 4.78 is 5.39. The van der Waals surface area contributed by atoms with Crippen LogP contribution in [0.25, 0.3) is 0 Å². The fourth-order valence-corrected chi connectivity index (χ4v) is 3.09. The van der Waals surface area contributed by atoms with Crippen molar-refractivity contribution in [2.75, 3.05) is 20.2 Å². The predicted molar refractivity (Wildman–Crippen MR) is 76.2 cm³/mol. The van der Waals surface area contributed by atoms with Gasteiger partial charge in [-0.1, -0.05) is 19.3 Å². The smallest absolute Gasteiger partial charge is 0.248 e. The topological polar surface area (TPSA) is 58.6 Å². The molecule has 1 saturated heterocycles. The number of methoxy groups -OCH3 is 1. The van der Waals surface area contributed by atoms with E-state index in [-0.39, 0.29) is 24.0 Å². The third kappa shape index (κ3) is 3.14. The minimum atomic E-state index is -0.620. The molecule has 1 spiro atoms. The molecule has 1 saturated carbocycles. The molecule has 5 nitrogen and oxygen atoms in total. The lowest BCUT2D eigenvalue weighted by molar-refractivity contribution is -0.152. The van der Waals surface area contributed by atoms with Crippen molar-refractivity contribution in [3.8, 4) is 0 Å². The van der Waals surface area contributed by atoms with Crippen LogP contribution in [0.3, 0.4) is 0 Å². The lowest BCUT2D eigenvalue weighted by atomic mass is 9.79. The van der Waals surface area contributed by atoms with Crippen molar-refractivity contribution < 1.29 is 14.3 Å². The highest BCUT2D eigenvalue weighted by atomic mass is 16.5. The van der Waals surface area contributed by atoms with Gasteiger partial charge >= 0.3 is 0 Å². The lowest BCUT2D eigenvalue weighted by Gasteiger charge is -2.44. The molecular weight excluding hydrogens is 256 g/mol. The van der Waals surface area contributed by atoms with E-state index in [9.17, 15) is 9.59 Å². The number of rotatable bonds is 4. The third-order valence-corrected chi connectivity index (χ3v) is 4.65. The number of nitrogens with one attached hydrogen (secondary N) is 1. The largest absolute Gasteiger partial charge is 0.379 e. The van der Waals surface area contributed by atoms with E-state index in [1.54, 1.807) is 12.0 Å². The van der Waals surface area contributed by atoms with Gasteiger partial charge in [-0.15, -0.1) is 0 Å². The molecule has 1 aliphatic heterocycles. The Hall–Kier alpha value is -1.10. The molecule has 1 heterocycles. The normalized spacial score (nSPS) is 23.1. The maximum atomic E-state index is 12.7. The van der Waals surface area contributed by atoms with Gasteiger partial charge in [0.2, 0.25) is 11.8 Å². The van der Waals surface area contributed by atoms with E-state index < -0.39 is 5.54 Å². The van der Waals surface area contributed by atoms with Crippen LogP contribution >= 0.6 is 0 Å². The summed E-state index contributed by atoms with van der Waals surface area (Å²) >= 11 is 0. The van der Waals surface area contributed by atoms with Crippen molar-refractivity contribution in [3.63, 3.8) is 0 Å². The molecule has 0 bridgehead atoms. The zero-order valence-electron chi connectivity index (χ0n) is 12.8. The Labute approximate surface area is 121 Å². The number of hydrogen-bond donors (Lipinski definition) is 1. The summed E-state index contributed by atoms with van der Waals surface area (Å²) in [6.45, 7) is 4.75. The molecule has 0 atom stereocenters. The Bertz CT molecular complexity index is 387. The van der Waals surface area contributed by atoms with Crippen molar-refractivity contribution in [3.05, 3.63) is 0 Å². The van der Waals surface area contributed by atoms with Gasteiger partial charge < -0.3 is 15.0 Å². The first kappa shape index (κ1) is 15.3. The lowest BCUT2D eigenvalue weighted by Crippen LogP contribution is -2.67. The van der Waals surface area contributed by atoms with Gasteiger partial charge in [-0.3, -0.25) is 9.59 Å². The number of carbonyl (C=O) groups is 2. The van der Waals surface area contributed by atoms with Crippen LogP contribution in [0, 0.1) is 0 Å². The van der Waals surface area contributed by atoms with Gasteiger partial charge in [-0.05, 0) is 33.1 Å². The van der Waals surface area contributed by atoms with Crippen LogP contribution in [-0.4, -0.2) is 48.1 Å². The van der Waals surface area contributed by atoms with Gasteiger partial charge in [0.05, 0.1) is 12.1 Å². The SMILES string of the molecule is COC(C)(C)CCN1CC(=O)NC2(CCCCC2)C1=O. The van der Waals surface area contributed by atoms with E-state index in [2.05, 4.69) is 5.32 Å². The third-order valence-electron chi connectivity index (χ3n) is 4.65. The van der Waals surface area contributed by atoms with Crippen LogP contribution in [0.15, 0.2) is 0 Å². The molecule has 5 heteroatoms. The molecule has 1 N–H and O–H groups in total. The standard InChI is InChI=1S/C15H26N2O3/c1-14(2,20-3)9-10-17-11-12(18)16-15(13(17)19)7-5-4-6-8-15/h4-11H2,1-3H3,(H,16,18). The zero-order valence-corrected chi connectivity index (χ0v) is 12.8. The molecule has 2 rings (SSSR count). The Kier molecular flexibility index (Phi) is 4.37. The summed E-state index contributed by atoms with van der Waals surface area (Å²) in [7, 11) is 1.67. The van der Waals surface area contributed by atoms with Crippen molar-refractivity contribution >= 4 is 11.8 Å². The summed E-state index contributed by atoms with van der Waals surface area (Å²) in [5, 5.41) is 2.96. The molecule has 0 aromatic rings. The Morgan fingerprint density at radius 3 is 2.50 bits per heavy atom. The number of amides is 2. The highest BCUT2D eigenvalue weighted by molar-refractivity contribution is 5.98. The zero-order chi connectivity index (χ0) is 14.8. The molecule has 2 aliphatic rings. The van der Waals surface area contributed by atoms with Crippen LogP contribution in [-0.2, 0) is 14.3 Å². The second kappa shape index (κ2) is 5.72. The molecule has 0 radical (unpaired) electrons. The van der Waals surface area contributed by atoms with Crippen LogP contribution < -0.4 is 5.32 Å². The fraction of sp³-hybridized carbons (Fsp3) is 0.867. The summed E-state index contributed by atoms with van der Waals surface area (Å²) in [5.74, 6) is 0.0745. The van der Waals surface area contributed by atoms with E-state index in [4.69, 9.17) is 4.74 Å². The van der Waals surface area contributed by atoms with Gasteiger partial charge in [0.1, 0.15) is 5.54 Å². The molecule has 0 aromatic carbocycles. The summed E-state index contributed by atoms with van der Waals surface area (Å²) in [6.07, 6.45) is 5.48. The predicted octanol–water partition coefficient (Wildman–Crippen LogP) is 1.46. The number of nitrogens with zero attached hydrogens (tertiary/aromatic N) is 1. The van der Waals surface area contributed by atoms with E-state index in [0.717, 1.165) is 38.5 Å².